The summed E-state index contributed by atoms with van der Waals surface area (Å²) in [5.74, 6) is 0.0897. The van der Waals surface area contributed by atoms with Crippen LogP contribution in [-0.4, -0.2) is 16.3 Å². The van der Waals surface area contributed by atoms with Crippen LogP contribution < -0.4 is 10.1 Å². The molecule has 158 valence electrons. The summed E-state index contributed by atoms with van der Waals surface area (Å²) < 4.78 is 31.1. The summed E-state index contributed by atoms with van der Waals surface area (Å²) in [5.41, 5.74) is 3.96. The molecule has 0 spiro atoms. The number of nitrogens with one attached hydrogen (secondary N) is 1. The van der Waals surface area contributed by atoms with Gasteiger partial charge in [-0.3, -0.25) is 4.57 Å². The zero-order valence-electron chi connectivity index (χ0n) is 16.9. The molecule has 1 aromatic heterocycles. The minimum absolute atomic E-state index is 0.0316. The molecule has 0 saturated carbocycles. The fourth-order valence-corrected chi connectivity index (χ4v) is 3.52. The van der Waals surface area contributed by atoms with Gasteiger partial charge in [0.15, 0.2) is 0 Å². The van der Waals surface area contributed by atoms with Gasteiger partial charge in [0.1, 0.15) is 5.75 Å². The number of hydrogen-bond donors (Lipinski definition) is 2. The van der Waals surface area contributed by atoms with Crippen molar-refractivity contribution in [1.82, 2.24) is 4.57 Å². The Labute approximate surface area is 179 Å². The van der Waals surface area contributed by atoms with Crippen molar-refractivity contribution in [3.63, 3.8) is 0 Å². The van der Waals surface area contributed by atoms with Gasteiger partial charge in [-0.25, -0.2) is 0 Å². The van der Waals surface area contributed by atoms with Crippen LogP contribution in [0.5, 0.6) is 11.6 Å². The second-order valence-electron chi connectivity index (χ2n) is 7.12. The SMILES string of the molecule is C[C@@H](Nc1cc(-c2ccccc2)n(-c2ccc(OC(F)F)cc2)c1O)c1ccccc1. The van der Waals surface area contributed by atoms with Gasteiger partial charge in [-0.2, -0.15) is 8.78 Å². The Morgan fingerprint density at radius 3 is 2.10 bits per heavy atom. The van der Waals surface area contributed by atoms with Crippen molar-refractivity contribution in [2.24, 2.45) is 0 Å². The van der Waals surface area contributed by atoms with Crippen molar-refractivity contribution >= 4 is 5.69 Å². The van der Waals surface area contributed by atoms with E-state index < -0.39 is 6.61 Å². The molecule has 0 saturated heterocycles. The zero-order valence-corrected chi connectivity index (χ0v) is 16.9. The molecule has 1 atom stereocenters. The van der Waals surface area contributed by atoms with E-state index in [4.69, 9.17) is 0 Å². The van der Waals surface area contributed by atoms with Crippen LogP contribution in [-0.2, 0) is 0 Å². The number of aromatic hydroxyl groups is 1. The molecule has 6 heteroatoms. The number of benzene rings is 3. The van der Waals surface area contributed by atoms with Crippen LogP contribution in [0.1, 0.15) is 18.5 Å². The van der Waals surface area contributed by atoms with Crippen molar-refractivity contribution in [3.8, 4) is 28.6 Å². The van der Waals surface area contributed by atoms with Gasteiger partial charge >= 0.3 is 6.61 Å². The molecule has 0 aliphatic heterocycles. The molecule has 31 heavy (non-hydrogen) atoms. The van der Waals surface area contributed by atoms with E-state index in [2.05, 4.69) is 10.1 Å². The molecular weight excluding hydrogens is 398 g/mol. The van der Waals surface area contributed by atoms with Crippen LogP contribution in [0, 0.1) is 0 Å². The van der Waals surface area contributed by atoms with Crippen LogP contribution in [0.3, 0.4) is 0 Å². The molecular formula is C25H22F2N2O2. The molecule has 0 bridgehead atoms. The molecule has 4 nitrogen and oxygen atoms in total. The van der Waals surface area contributed by atoms with E-state index in [0.29, 0.717) is 11.4 Å². The Kier molecular flexibility index (Phi) is 5.89. The summed E-state index contributed by atoms with van der Waals surface area (Å²) in [4.78, 5) is 0. The third-order valence-corrected chi connectivity index (χ3v) is 5.04. The van der Waals surface area contributed by atoms with Gasteiger partial charge in [0.25, 0.3) is 0 Å². The van der Waals surface area contributed by atoms with Crippen molar-refractivity contribution in [2.75, 3.05) is 5.32 Å². The summed E-state index contributed by atoms with van der Waals surface area (Å²) in [6.07, 6.45) is 0. The summed E-state index contributed by atoms with van der Waals surface area (Å²) in [7, 11) is 0. The largest absolute Gasteiger partial charge is 0.493 e. The second kappa shape index (κ2) is 8.92. The standard InChI is InChI=1S/C25H22F2N2O2/c1-17(18-8-4-2-5-9-18)28-22-16-23(19-10-6-3-7-11-19)29(24(22)30)20-12-14-21(15-13-20)31-25(26)27/h2-17,25,28,30H,1H3/t17-/m1/s1. The first kappa shape index (κ1) is 20.5. The van der Waals surface area contributed by atoms with E-state index in [1.807, 2.05) is 73.7 Å². The molecule has 0 aliphatic carbocycles. The third-order valence-electron chi connectivity index (χ3n) is 5.04. The highest BCUT2D eigenvalue weighted by atomic mass is 19.3. The number of nitrogens with zero attached hydrogens (tertiary/aromatic N) is 1. The highest BCUT2D eigenvalue weighted by molar-refractivity contribution is 5.74. The third kappa shape index (κ3) is 4.53. The first-order valence-corrected chi connectivity index (χ1v) is 9.90. The van der Waals surface area contributed by atoms with Crippen LogP contribution in [0.2, 0.25) is 0 Å². The van der Waals surface area contributed by atoms with Crippen molar-refractivity contribution in [2.45, 2.75) is 19.6 Å². The molecule has 4 rings (SSSR count). The molecule has 0 radical (unpaired) electrons. The number of hydrogen-bond acceptors (Lipinski definition) is 3. The quantitative estimate of drug-likeness (QED) is 0.353. The van der Waals surface area contributed by atoms with E-state index in [0.717, 1.165) is 16.8 Å². The van der Waals surface area contributed by atoms with Crippen molar-refractivity contribution in [1.29, 1.82) is 0 Å². The van der Waals surface area contributed by atoms with Gasteiger partial charge in [-0.15, -0.1) is 0 Å². The topological polar surface area (TPSA) is 46.4 Å². The van der Waals surface area contributed by atoms with Crippen molar-refractivity contribution < 1.29 is 18.6 Å². The maximum atomic E-state index is 12.5. The van der Waals surface area contributed by atoms with E-state index >= 15 is 0 Å². The summed E-state index contributed by atoms with van der Waals surface area (Å²) >= 11 is 0. The highest BCUT2D eigenvalue weighted by Gasteiger charge is 2.19. The first-order valence-electron chi connectivity index (χ1n) is 9.90. The fourth-order valence-electron chi connectivity index (χ4n) is 3.52. The minimum atomic E-state index is -2.89. The predicted molar refractivity (Wildman–Crippen MR) is 118 cm³/mol. The molecule has 1 heterocycles. The number of rotatable bonds is 7. The molecule has 2 N–H and O–H groups in total. The number of anilines is 1. The van der Waals surface area contributed by atoms with E-state index in [9.17, 15) is 13.9 Å². The number of aromatic nitrogens is 1. The van der Waals surface area contributed by atoms with Crippen LogP contribution >= 0.6 is 0 Å². The minimum Gasteiger partial charge on any atom is -0.493 e. The Morgan fingerprint density at radius 2 is 1.48 bits per heavy atom. The number of alkyl halides is 2. The lowest BCUT2D eigenvalue weighted by atomic mass is 10.1. The lowest BCUT2D eigenvalue weighted by Crippen LogP contribution is -2.06. The lowest BCUT2D eigenvalue weighted by molar-refractivity contribution is -0.0498. The van der Waals surface area contributed by atoms with Crippen LogP contribution in [0.25, 0.3) is 16.9 Å². The van der Waals surface area contributed by atoms with E-state index in [1.54, 1.807) is 16.7 Å². The molecule has 3 aromatic carbocycles. The smallest absolute Gasteiger partial charge is 0.387 e. The van der Waals surface area contributed by atoms with Gasteiger partial charge in [0.05, 0.1) is 11.4 Å². The average molecular weight is 420 g/mol. The van der Waals surface area contributed by atoms with Crippen molar-refractivity contribution in [3.05, 3.63) is 96.6 Å². The monoisotopic (exact) mass is 420 g/mol. The summed E-state index contributed by atoms with van der Waals surface area (Å²) in [5, 5.41) is 14.5. The normalized spacial score (nSPS) is 12.0. The predicted octanol–water partition coefficient (Wildman–Crippen LogP) is 6.62. The number of ether oxygens (including phenoxy) is 1. The van der Waals surface area contributed by atoms with Gasteiger partial charge in [-0.1, -0.05) is 60.7 Å². The van der Waals surface area contributed by atoms with Gasteiger partial charge in [0, 0.05) is 11.7 Å². The van der Waals surface area contributed by atoms with Gasteiger partial charge < -0.3 is 15.2 Å². The Morgan fingerprint density at radius 1 is 0.871 bits per heavy atom. The van der Waals surface area contributed by atoms with Gasteiger partial charge in [-0.05, 0) is 48.4 Å². The van der Waals surface area contributed by atoms with Gasteiger partial charge in [0.2, 0.25) is 5.88 Å². The molecule has 0 aliphatic rings. The molecule has 0 unspecified atom stereocenters. The highest BCUT2D eigenvalue weighted by Crippen LogP contribution is 2.39. The first-order chi connectivity index (χ1) is 15.0. The number of halogens is 2. The zero-order chi connectivity index (χ0) is 21.8. The Bertz CT molecular complexity index is 1130. The average Bonchev–Trinajstić information content (AvgIpc) is 3.11. The maximum Gasteiger partial charge on any atom is 0.387 e. The fraction of sp³-hybridized carbons (Fsp3) is 0.120. The Hall–Kier alpha value is -3.80. The molecule has 0 fully saturated rings. The lowest BCUT2D eigenvalue weighted by Gasteiger charge is -2.15. The maximum absolute atomic E-state index is 12.5. The summed E-state index contributed by atoms with van der Waals surface area (Å²) in [6, 6.07) is 27.6. The van der Waals surface area contributed by atoms with E-state index in [1.165, 1.54) is 12.1 Å². The Balaban J connectivity index is 1.74. The van der Waals surface area contributed by atoms with Crippen LogP contribution in [0.15, 0.2) is 91.0 Å². The second-order valence-corrected chi connectivity index (χ2v) is 7.12. The van der Waals surface area contributed by atoms with Crippen LogP contribution in [0.4, 0.5) is 14.5 Å². The summed E-state index contributed by atoms with van der Waals surface area (Å²) in [6.45, 7) is -0.869. The molecule has 0 amide bonds. The van der Waals surface area contributed by atoms with E-state index in [-0.39, 0.29) is 17.7 Å². The molecule has 4 aromatic rings.